The molecule has 0 saturated heterocycles. The van der Waals surface area contributed by atoms with Crippen molar-refractivity contribution in [1.29, 1.82) is 0 Å². The fourth-order valence-corrected chi connectivity index (χ4v) is 5.03. The number of rotatable bonds is 6. The van der Waals surface area contributed by atoms with Gasteiger partial charge in [-0.3, -0.25) is 0 Å². The molecule has 0 bridgehead atoms. The summed E-state index contributed by atoms with van der Waals surface area (Å²) >= 11 is 15.5. The van der Waals surface area contributed by atoms with E-state index in [2.05, 4.69) is 34.9 Å². The van der Waals surface area contributed by atoms with Crippen LogP contribution >= 0.6 is 46.3 Å². The van der Waals surface area contributed by atoms with Gasteiger partial charge in [0.25, 0.3) is 0 Å². The summed E-state index contributed by atoms with van der Waals surface area (Å²) in [6.07, 6.45) is 0.954. The Labute approximate surface area is 158 Å². The predicted molar refractivity (Wildman–Crippen MR) is 99.8 cm³/mol. The number of aromatic nitrogens is 4. The molecule has 2 heterocycles. The maximum absolute atomic E-state index is 6.22. The van der Waals surface area contributed by atoms with E-state index < -0.39 is 0 Å². The highest BCUT2D eigenvalue weighted by Gasteiger charge is 2.21. The van der Waals surface area contributed by atoms with Crippen molar-refractivity contribution < 1.29 is 5.73 Å². The second-order valence-electron chi connectivity index (χ2n) is 5.94. The zero-order valence-electron chi connectivity index (χ0n) is 13.4. The fraction of sp³-hybridized carbons (Fsp3) is 0.400. The largest absolute Gasteiger partial charge is 0.349 e. The second kappa shape index (κ2) is 7.58. The van der Waals surface area contributed by atoms with E-state index in [9.17, 15) is 0 Å². The summed E-state index contributed by atoms with van der Waals surface area (Å²) < 4.78 is 2.72. The molecule has 3 N–H and O–H groups in total. The van der Waals surface area contributed by atoms with Crippen molar-refractivity contribution in [1.82, 2.24) is 19.8 Å². The van der Waals surface area contributed by atoms with Crippen molar-refractivity contribution in [2.75, 3.05) is 0 Å². The normalized spacial score (nSPS) is 13.1. The number of nitrogens with zero attached hydrogens (tertiary/aromatic N) is 4. The lowest BCUT2D eigenvalue weighted by Crippen LogP contribution is -2.54. The summed E-state index contributed by atoms with van der Waals surface area (Å²) in [6.45, 7) is 4.35. The molecular formula is C15H18Cl2N5S2+. The van der Waals surface area contributed by atoms with Crippen molar-refractivity contribution in [3.63, 3.8) is 0 Å². The van der Waals surface area contributed by atoms with Crippen LogP contribution in [0.4, 0.5) is 0 Å². The molecule has 0 aliphatic heterocycles. The number of hydrogen-bond acceptors (Lipinski definition) is 5. The van der Waals surface area contributed by atoms with E-state index in [1.54, 1.807) is 16.3 Å². The van der Waals surface area contributed by atoms with Crippen molar-refractivity contribution in [2.45, 2.75) is 36.4 Å². The Kier molecular flexibility index (Phi) is 5.66. The first-order valence-corrected chi connectivity index (χ1v) is 10.1. The number of fused-ring (bicyclic) bond motifs is 1. The van der Waals surface area contributed by atoms with Crippen molar-refractivity contribution >= 4 is 51.3 Å². The molecule has 0 saturated carbocycles. The van der Waals surface area contributed by atoms with E-state index in [4.69, 9.17) is 23.2 Å². The number of benzene rings is 1. The van der Waals surface area contributed by atoms with E-state index in [-0.39, 0.29) is 6.04 Å². The Morgan fingerprint density at radius 2 is 1.96 bits per heavy atom. The summed E-state index contributed by atoms with van der Waals surface area (Å²) in [6, 6.07) is 5.62. The highest BCUT2D eigenvalue weighted by atomic mass is 35.5. The van der Waals surface area contributed by atoms with Crippen LogP contribution in [0.3, 0.4) is 0 Å². The Hall–Kier alpha value is -0.860. The zero-order valence-corrected chi connectivity index (χ0v) is 16.5. The molecule has 0 aliphatic rings. The fourth-order valence-electron chi connectivity index (χ4n) is 2.41. The van der Waals surface area contributed by atoms with Crippen LogP contribution in [0.5, 0.6) is 0 Å². The van der Waals surface area contributed by atoms with Crippen LogP contribution < -0.4 is 5.73 Å². The summed E-state index contributed by atoms with van der Waals surface area (Å²) in [7, 11) is 0. The molecule has 3 aromatic rings. The average molecular weight is 403 g/mol. The lowest BCUT2D eigenvalue weighted by Gasteiger charge is -2.07. The van der Waals surface area contributed by atoms with Crippen LogP contribution in [0.2, 0.25) is 10.0 Å². The third-order valence-electron chi connectivity index (χ3n) is 3.52. The molecule has 1 aromatic carbocycles. The molecule has 0 fully saturated rings. The average Bonchev–Trinajstić information content (AvgIpc) is 3.05. The van der Waals surface area contributed by atoms with Gasteiger partial charge in [0, 0.05) is 22.2 Å². The van der Waals surface area contributed by atoms with Gasteiger partial charge >= 0.3 is 0 Å². The van der Waals surface area contributed by atoms with Crippen molar-refractivity contribution in [3.05, 3.63) is 39.6 Å². The van der Waals surface area contributed by atoms with Gasteiger partial charge in [0.15, 0.2) is 4.34 Å². The Balaban J connectivity index is 1.78. The van der Waals surface area contributed by atoms with E-state index in [1.165, 1.54) is 11.3 Å². The summed E-state index contributed by atoms with van der Waals surface area (Å²) in [4.78, 5) is 0.787. The van der Waals surface area contributed by atoms with Gasteiger partial charge in [0.1, 0.15) is 6.04 Å². The van der Waals surface area contributed by atoms with Crippen LogP contribution in [0.15, 0.2) is 22.5 Å². The smallest absolute Gasteiger partial charge is 0.235 e. The first-order valence-electron chi connectivity index (χ1n) is 7.56. The van der Waals surface area contributed by atoms with Crippen LogP contribution in [0, 0.1) is 5.92 Å². The minimum atomic E-state index is 0.0814. The Bertz CT molecular complexity index is 825. The van der Waals surface area contributed by atoms with Gasteiger partial charge in [0.05, 0.1) is 0 Å². The van der Waals surface area contributed by atoms with Gasteiger partial charge in [0.2, 0.25) is 10.8 Å². The van der Waals surface area contributed by atoms with E-state index in [0.717, 1.165) is 27.1 Å². The van der Waals surface area contributed by atoms with Crippen molar-refractivity contribution in [2.24, 2.45) is 5.92 Å². The van der Waals surface area contributed by atoms with Gasteiger partial charge in [-0.1, -0.05) is 66.2 Å². The summed E-state index contributed by atoms with van der Waals surface area (Å²) in [5.74, 6) is 2.03. The first-order chi connectivity index (χ1) is 11.5. The van der Waals surface area contributed by atoms with Crippen molar-refractivity contribution in [3.8, 4) is 0 Å². The number of quaternary nitrogens is 1. The first kappa shape index (κ1) is 17.9. The molecule has 0 amide bonds. The molecule has 9 heteroatoms. The Morgan fingerprint density at radius 3 is 2.62 bits per heavy atom. The molecule has 0 aliphatic carbocycles. The third kappa shape index (κ3) is 3.86. The van der Waals surface area contributed by atoms with Gasteiger partial charge in [-0.2, -0.15) is 4.52 Å². The van der Waals surface area contributed by atoms with Crippen LogP contribution in [-0.4, -0.2) is 19.8 Å². The van der Waals surface area contributed by atoms with E-state index in [1.807, 2.05) is 18.2 Å². The summed E-state index contributed by atoms with van der Waals surface area (Å²) in [5, 5.41) is 14.4. The minimum absolute atomic E-state index is 0.0814. The van der Waals surface area contributed by atoms with Gasteiger partial charge in [-0.25, -0.2) is 0 Å². The highest BCUT2D eigenvalue weighted by Crippen LogP contribution is 2.33. The molecule has 128 valence electrons. The molecule has 5 nitrogen and oxygen atoms in total. The van der Waals surface area contributed by atoms with E-state index >= 15 is 0 Å². The summed E-state index contributed by atoms with van der Waals surface area (Å²) in [5.41, 5.74) is 5.12. The predicted octanol–water partition coefficient (Wildman–Crippen LogP) is 4.11. The molecular weight excluding hydrogens is 385 g/mol. The van der Waals surface area contributed by atoms with Gasteiger partial charge in [-0.15, -0.1) is 15.3 Å². The zero-order chi connectivity index (χ0) is 17.3. The lowest BCUT2D eigenvalue weighted by molar-refractivity contribution is -0.432. The highest BCUT2D eigenvalue weighted by molar-refractivity contribution is 8.00. The van der Waals surface area contributed by atoms with Crippen LogP contribution in [0.25, 0.3) is 4.96 Å². The lowest BCUT2D eigenvalue weighted by atomic mass is 10.0. The van der Waals surface area contributed by atoms with E-state index in [0.29, 0.717) is 21.7 Å². The van der Waals surface area contributed by atoms with Gasteiger partial charge in [-0.05, 0) is 23.6 Å². The molecule has 3 rings (SSSR count). The number of halogens is 2. The maximum atomic E-state index is 6.22. The second-order valence-corrected chi connectivity index (χ2v) is 8.93. The monoisotopic (exact) mass is 402 g/mol. The molecule has 24 heavy (non-hydrogen) atoms. The van der Waals surface area contributed by atoms with Gasteiger partial charge < -0.3 is 5.73 Å². The molecule has 0 radical (unpaired) electrons. The molecule has 0 unspecified atom stereocenters. The maximum Gasteiger partial charge on any atom is 0.235 e. The minimum Gasteiger partial charge on any atom is -0.349 e. The SMILES string of the molecule is CC(C)C[C@H]([NH3+])c1nnc2sc(SCc3c(Cl)cccc3Cl)nn12. The van der Waals surface area contributed by atoms with Crippen LogP contribution in [0.1, 0.15) is 37.7 Å². The quantitative estimate of drug-likeness (QED) is 0.629. The topological polar surface area (TPSA) is 70.7 Å². The Morgan fingerprint density at radius 1 is 1.25 bits per heavy atom. The number of hydrogen-bond donors (Lipinski definition) is 1. The molecule has 1 atom stereocenters. The van der Waals surface area contributed by atoms with Crippen LogP contribution in [-0.2, 0) is 5.75 Å². The standard InChI is InChI=1S/C15H17Cl2N5S2/c1-8(2)6-12(18)13-19-20-14-22(13)21-15(24-14)23-7-9-10(16)4-3-5-11(9)17/h3-5,8,12H,6-7,18H2,1-2H3/p+1/t12-/m0/s1. The molecule has 0 spiro atoms. The molecule has 2 aromatic heterocycles. The number of thioether (sulfide) groups is 1. The third-order valence-corrected chi connectivity index (χ3v) is 6.29.